The van der Waals surface area contributed by atoms with Gasteiger partial charge in [-0.3, -0.25) is 0 Å². The summed E-state index contributed by atoms with van der Waals surface area (Å²) in [6, 6.07) is 2.33. The van der Waals surface area contributed by atoms with Gasteiger partial charge in [0.15, 0.2) is 5.11 Å². The number of thiocarbonyl (C=S) groups is 1. The van der Waals surface area contributed by atoms with Crippen molar-refractivity contribution >= 4 is 29.1 Å². The molecule has 1 aromatic rings. The van der Waals surface area contributed by atoms with Gasteiger partial charge < -0.3 is 25.0 Å². The third-order valence-corrected chi connectivity index (χ3v) is 4.06. The fourth-order valence-electron chi connectivity index (χ4n) is 2.57. The maximum atomic E-state index is 5.30. The smallest absolute Gasteiger partial charge is 0.234 e. The Morgan fingerprint density at radius 2 is 2.22 bits per heavy atom. The number of hydrogen-bond acceptors (Lipinski definition) is 6. The van der Waals surface area contributed by atoms with E-state index in [9.17, 15) is 0 Å². The summed E-state index contributed by atoms with van der Waals surface area (Å²) in [7, 11) is 3.25. The van der Waals surface area contributed by atoms with Gasteiger partial charge in [-0.25, -0.2) is 0 Å². The molecular formula is C15H25N5O2S. The summed E-state index contributed by atoms with van der Waals surface area (Å²) in [5.74, 6) is 1.83. The Hall–Kier alpha value is -1.67. The molecule has 1 aromatic heterocycles. The number of rotatable bonds is 6. The first-order valence-corrected chi connectivity index (χ1v) is 8.28. The van der Waals surface area contributed by atoms with Crippen LogP contribution in [-0.2, 0) is 4.74 Å². The van der Waals surface area contributed by atoms with Crippen LogP contribution in [0.15, 0.2) is 6.07 Å². The normalized spacial score (nSPS) is 17.7. The van der Waals surface area contributed by atoms with E-state index in [2.05, 4.69) is 32.4 Å². The molecule has 1 fully saturated rings. The molecule has 2 heterocycles. The van der Waals surface area contributed by atoms with Gasteiger partial charge in [-0.05, 0) is 38.4 Å². The van der Waals surface area contributed by atoms with Crippen molar-refractivity contribution in [3.8, 4) is 5.88 Å². The Morgan fingerprint density at radius 1 is 1.39 bits per heavy atom. The Balaban J connectivity index is 2.10. The van der Waals surface area contributed by atoms with Crippen molar-refractivity contribution in [1.82, 2.24) is 15.3 Å². The number of aromatic nitrogens is 2. The molecule has 2 N–H and O–H groups in total. The van der Waals surface area contributed by atoms with Gasteiger partial charge in [-0.15, -0.1) is 0 Å². The van der Waals surface area contributed by atoms with Crippen LogP contribution in [-0.4, -0.2) is 55.0 Å². The largest absolute Gasteiger partial charge is 0.481 e. The van der Waals surface area contributed by atoms with Crippen LogP contribution in [0.1, 0.15) is 26.2 Å². The zero-order chi connectivity index (χ0) is 16.7. The molecule has 1 unspecified atom stereocenters. The van der Waals surface area contributed by atoms with Crippen LogP contribution in [0.4, 0.5) is 11.8 Å². The summed E-state index contributed by atoms with van der Waals surface area (Å²) in [4.78, 5) is 11.2. The van der Waals surface area contributed by atoms with Gasteiger partial charge in [-0.2, -0.15) is 9.97 Å². The van der Waals surface area contributed by atoms with Crippen molar-refractivity contribution in [2.24, 2.45) is 0 Å². The van der Waals surface area contributed by atoms with E-state index in [4.69, 9.17) is 21.7 Å². The first-order valence-electron chi connectivity index (χ1n) is 7.87. The second-order valence-electron chi connectivity index (χ2n) is 5.50. The van der Waals surface area contributed by atoms with E-state index in [1.807, 2.05) is 6.07 Å². The van der Waals surface area contributed by atoms with Gasteiger partial charge >= 0.3 is 0 Å². The quantitative estimate of drug-likeness (QED) is 0.600. The van der Waals surface area contributed by atoms with Gasteiger partial charge in [0.1, 0.15) is 5.82 Å². The van der Waals surface area contributed by atoms with Crippen molar-refractivity contribution in [2.75, 3.05) is 44.1 Å². The zero-order valence-corrected chi connectivity index (χ0v) is 14.8. The Bertz CT molecular complexity index is 529. The number of nitrogens with zero attached hydrogens (tertiary/aromatic N) is 3. The third-order valence-electron chi connectivity index (χ3n) is 3.81. The minimum absolute atomic E-state index is 0.437. The van der Waals surface area contributed by atoms with E-state index < -0.39 is 0 Å². The van der Waals surface area contributed by atoms with Crippen molar-refractivity contribution in [3.63, 3.8) is 0 Å². The molecule has 23 heavy (non-hydrogen) atoms. The molecule has 0 radical (unpaired) electrons. The molecule has 0 saturated carbocycles. The van der Waals surface area contributed by atoms with E-state index in [0.29, 0.717) is 36.1 Å². The van der Waals surface area contributed by atoms with Gasteiger partial charge in [0.2, 0.25) is 11.8 Å². The predicted molar refractivity (Wildman–Crippen MR) is 95.3 cm³/mol. The van der Waals surface area contributed by atoms with E-state index in [-0.39, 0.29) is 0 Å². The van der Waals surface area contributed by atoms with Crippen LogP contribution in [0.3, 0.4) is 0 Å². The number of ether oxygens (including phenoxy) is 2. The van der Waals surface area contributed by atoms with Crippen LogP contribution < -0.4 is 20.3 Å². The molecule has 0 aliphatic carbocycles. The first-order chi connectivity index (χ1) is 11.1. The topological polar surface area (TPSA) is 71.5 Å². The van der Waals surface area contributed by atoms with Crippen LogP contribution in [0, 0.1) is 0 Å². The van der Waals surface area contributed by atoms with Crippen LogP contribution in [0.5, 0.6) is 5.88 Å². The maximum Gasteiger partial charge on any atom is 0.234 e. The summed E-state index contributed by atoms with van der Waals surface area (Å²) in [5.41, 5.74) is 0. The highest BCUT2D eigenvalue weighted by molar-refractivity contribution is 7.80. The van der Waals surface area contributed by atoms with Crippen LogP contribution in [0.25, 0.3) is 0 Å². The lowest BCUT2D eigenvalue weighted by atomic mass is 10.0. The van der Waals surface area contributed by atoms with Crippen molar-refractivity contribution in [2.45, 2.75) is 32.2 Å². The average molecular weight is 339 g/mol. The highest BCUT2D eigenvalue weighted by Gasteiger charge is 2.21. The lowest BCUT2D eigenvalue weighted by molar-refractivity contribution is 0.204. The minimum Gasteiger partial charge on any atom is -0.481 e. The van der Waals surface area contributed by atoms with E-state index in [1.54, 1.807) is 14.2 Å². The fraction of sp³-hybridized carbons (Fsp3) is 0.667. The summed E-state index contributed by atoms with van der Waals surface area (Å²) in [5, 5.41) is 6.51. The lowest BCUT2D eigenvalue weighted by Gasteiger charge is -2.34. The number of anilines is 2. The molecule has 0 aromatic carbocycles. The van der Waals surface area contributed by atoms with Gasteiger partial charge in [0.25, 0.3) is 0 Å². The Labute approximate surface area is 142 Å². The molecule has 1 saturated heterocycles. The number of hydrogen-bond donors (Lipinski definition) is 2. The average Bonchev–Trinajstić information content (AvgIpc) is 2.55. The second kappa shape index (κ2) is 8.83. The van der Waals surface area contributed by atoms with Gasteiger partial charge in [0, 0.05) is 32.3 Å². The Kier molecular flexibility index (Phi) is 6.79. The van der Waals surface area contributed by atoms with Gasteiger partial charge in [0.05, 0.1) is 13.7 Å². The summed E-state index contributed by atoms with van der Waals surface area (Å²) in [6.07, 6.45) is 3.61. The summed E-state index contributed by atoms with van der Waals surface area (Å²) in [6.45, 7) is 4.43. The van der Waals surface area contributed by atoms with E-state index in [1.165, 1.54) is 19.3 Å². The molecule has 0 amide bonds. The zero-order valence-electron chi connectivity index (χ0n) is 14.0. The van der Waals surface area contributed by atoms with Crippen LogP contribution in [0.2, 0.25) is 0 Å². The molecular weight excluding hydrogens is 314 g/mol. The predicted octanol–water partition coefficient (Wildman–Crippen LogP) is 1.80. The van der Waals surface area contributed by atoms with Crippen molar-refractivity contribution < 1.29 is 9.47 Å². The number of methoxy groups -OCH3 is 2. The van der Waals surface area contributed by atoms with Crippen LogP contribution >= 0.6 is 12.2 Å². The molecule has 0 bridgehead atoms. The third kappa shape index (κ3) is 5.18. The molecule has 7 nitrogen and oxygen atoms in total. The SMILES string of the molecule is COCCNC(=S)Nc1nc(OC)cc(N2CCCCC2C)n1. The van der Waals surface area contributed by atoms with Crippen molar-refractivity contribution in [3.05, 3.63) is 6.07 Å². The second-order valence-corrected chi connectivity index (χ2v) is 5.91. The molecule has 0 spiro atoms. The summed E-state index contributed by atoms with van der Waals surface area (Å²) >= 11 is 5.24. The monoisotopic (exact) mass is 339 g/mol. The summed E-state index contributed by atoms with van der Waals surface area (Å²) < 4.78 is 10.3. The molecule has 2 rings (SSSR count). The number of piperidine rings is 1. The standard InChI is InChI=1S/C15H25N5O2S/c1-11-6-4-5-8-20(11)12-10-13(22-3)18-14(17-12)19-15(23)16-7-9-21-2/h10-11H,4-9H2,1-3H3,(H2,16,17,18,19,23). The number of nitrogens with one attached hydrogen (secondary N) is 2. The first kappa shape index (κ1) is 17.7. The molecule has 1 atom stereocenters. The minimum atomic E-state index is 0.437. The fourth-order valence-corrected chi connectivity index (χ4v) is 2.76. The van der Waals surface area contributed by atoms with Crippen molar-refractivity contribution in [1.29, 1.82) is 0 Å². The molecule has 8 heteroatoms. The highest BCUT2D eigenvalue weighted by Crippen LogP contribution is 2.26. The lowest BCUT2D eigenvalue weighted by Crippen LogP contribution is -2.38. The highest BCUT2D eigenvalue weighted by atomic mass is 32.1. The Morgan fingerprint density at radius 3 is 2.91 bits per heavy atom. The maximum absolute atomic E-state index is 5.30. The molecule has 1 aliphatic rings. The van der Waals surface area contributed by atoms with E-state index in [0.717, 1.165) is 12.4 Å². The molecule has 128 valence electrons. The molecule has 1 aliphatic heterocycles. The van der Waals surface area contributed by atoms with Gasteiger partial charge in [-0.1, -0.05) is 0 Å². The van der Waals surface area contributed by atoms with E-state index >= 15 is 0 Å².